The van der Waals surface area contributed by atoms with Crippen molar-refractivity contribution >= 4 is 21.6 Å². The molecule has 0 unspecified atom stereocenters. The van der Waals surface area contributed by atoms with Crippen LogP contribution in [-0.2, 0) is 10.0 Å². The first-order valence-corrected chi connectivity index (χ1v) is 7.57. The number of sulfonamides is 1. The Balaban J connectivity index is 3.00. The zero-order valence-electron chi connectivity index (χ0n) is 11.0. The summed E-state index contributed by atoms with van der Waals surface area (Å²) in [6, 6.07) is 2.69. The second kappa shape index (κ2) is 6.31. The van der Waals surface area contributed by atoms with Crippen LogP contribution in [0.2, 0.25) is 0 Å². The Bertz CT molecular complexity index is 635. The van der Waals surface area contributed by atoms with E-state index in [0.717, 1.165) is 24.5 Å². The Hall–Kier alpha value is -1.81. The molecule has 0 saturated heterocycles. The van der Waals surface area contributed by atoms with Crippen LogP contribution in [0.1, 0.15) is 10.4 Å². The molecular formula is C11H14F3N3O3S. The van der Waals surface area contributed by atoms with Crippen LogP contribution in [0.4, 0.5) is 18.9 Å². The van der Waals surface area contributed by atoms with E-state index < -0.39 is 46.3 Å². The maximum absolute atomic E-state index is 13.2. The molecule has 1 rings (SSSR count). The fourth-order valence-electron chi connectivity index (χ4n) is 1.37. The van der Waals surface area contributed by atoms with E-state index in [-0.39, 0.29) is 5.69 Å². The second-order valence-electron chi connectivity index (χ2n) is 4.31. The lowest BCUT2D eigenvalue weighted by Crippen LogP contribution is -2.41. The fraction of sp³-hybridized carbons (Fsp3) is 0.364. The monoisotopic (exact) mass is 325 g/mol. The van der Waals surface area contributed by atoms with Gasteiger partial charge in [0.25, 0.3) is 11.8 Å². The normalized spacial score (nSPS) is 12.0. The van der Waals surface area contributed by atoms with Gasteiger partial charge in [0.1, 0.15) is 5.82 Å². The Morgan fingerprint density at radius 1 is 1.38 bits per heavy atom. The SMILES string of the molecule is CS(=O)(=O)Nc1ccc(F)cc1C(=O)NCC(F)(F)CN. The minimum Gasteiger partial charge on any atom is -0.346 e. The van der Waals surface area contributed by atoms with Gasteiger partial charge in [-0.25, -0.2) is 21.6 Å². The third-order valence-electron chi connectivity index (χ3n) is 2.33. The van der Waals surface area contributed by atoms with Crippen molar-refractivity contribution in [1.82, 2.24) is 5.32 Å². The molecule has 10 heteroatoms. The minimum atomic E-state index is -3.71. The van der Waals surface area contributed by atoms with Crippen LogP contribution in [0, 0.1) is 5.82 Å². The van der Waals surface area contributed by atoms with Crippen LogP contribution in [0.25, 0.3) is 0 Å². The Kier molecular flexibility index (Phi) is 5.18. The summed E-state index contributed by atoms with van der Waals surface area (Å²) in [5.41, 5.74) is 4.19. The van der Waals surface area contributed by atoms with Crippen LogP contribution in [0.5, 0.6) is 0 Å². The zero-order valence-corrected chi connectivity index (χ0v) is 11.8. The van der Waals surface area contributed by atoms with Gasteiger partial charge in [-0.2, -0.15) is 0 Å². The average molecular weight is 325 g/mol. The summed E-state index contributed by atoms with van der Waals surface area (Å²) in [7, 11) is -3.71. The first-order valence-electron chi connectivity index (χ1n) is 5.67. The molecule has 1 aromatic rings. The number of carbonyl (C=O) groups is 1. The molecule has 118 valence electrons. The highest BCUT2D eigenvalue weighted by atomic mass is 32.2. The molecule has 0 bridgehead atoms. The molecule has 1 amide bonds. The van der Waals surface area contributed by atoms with Gasteiger partial charge < -0.3 is 11.1 Å². The minimum absolute atomic E-state index is 0.215. The molecule has 0 saturated carbocycles. The van der Waals surface area contributed by atoms with E-state index in [1.165, 1.54) is 0 Å². The second-order valence-corrected chi connectivity index (χ2v) is 6.06. The van der Waals surface area contributed by atoms with Crippen LogP contribution in [-0.4, -0.2) is 39.6 Å². The third-order valence-corrected chi connectivity index (χ3v) is 2.92. The Labute approximate surface area is 119 Å². The molecule has 0 spiro atoms. The average Bonchev–Trinajstić information content (AvgIpc) is 2.36. The highest BCUT2D eigenvalue weighted by Gasteiger charge is 2.28. The number of rotatable bonds is 6. The number of amides is 1. The maximum atomic E-state index is 13.2. The predicted molar refractivity (Wildman–Crippen MR) is 71.2 cm³/mol. The quantitative estimate of drug-likeness (QED) is 0.710. The van der Waals surface area contributed by atoms with Gasteiger partial charge in [0.15, 0.2) is 0 Å². The third kappa shape index (κ3) is 5.60. The number of alkyl halides is 2. The van der Waals surface area contributed by atoms with E-state index in [0.29, 0.717) is 0 Å². The van der Waals surface area contributed by atoms with Gasteiger partial charge >= 0.3 is 0 Å². The van der Waals surface area contributed by atoms with Crippen molar-refractivity contribution in [3.63, 3.8) is 0 Å². The molecule has 0 radical (unpaired) electrons. The summed E-state index contributed by atoms with van der Waals surface area (Å²) in [4.78, 5) is 11.8. The van der Waals surface area contributed by atoms with Crippen molar-refractivity contribution in [2.45, 2.75) is 5.92 Å². The van der Waals surface area contributed by atoms with Crippen molar-refractivity contribution in [1.29, 1.82) is 0 Å². The highest BCUT2D eigenvalue weighted by Crippen LogP contribution is 2.19. The van der Waals surface area contributed by atoms with Crippen molar-refractivity contribution < 1.29 is 26.4 Å². The molecule has 1 aromatic carbocycles. The van der Waals surface area contributed by atoms with Crippen LogP contribution >= 0.6 is 0 Å². The zero-order chi connectivity index (χ0) is 16.3. The molecular weight excluding hydrogens is 311 g/mol. The summed E-state index contributed by atoms with van der Waals surface area (Å²) in [6.07, 6.45) is 0.834. The summed E-state index contributed by atoms with van der Waals surface area (Å²) >= 11 is 0. The first-order chi connectivity index (χ1) is 9.54. The summed E-state index contributed by atoms with van der Waals surface area (Å²) in [5.74, 6) is -5.17. The van der Waals surface area contributed by atoms with Gasteiger partial charge in [0.2, 0.25) is 10.0 Å². The number of nitrogens with one attached hydrogen (secondary N) is 2. The van der Waals surface area contributed by atoms with Crippen LogP contribution in [0.15, 0.2) is 18.2 Å². The van der Waals surface area contributed by atoms with Gasteiger partial charge in [-0.3, -0.25) is 9.52 Å². The molecule has 6 nitrogen and oxygen atoms in total. The molecule has 4 N–H and O–H groups in total. The number of hydrogen-bond donors (Lipinski definition) is 3. The lowest BCUT2D eigenvalue weighted by atomic mass is 10.1. The summed E-state index contributed by atoms with van der Waals surface area (Å²) < 4.78 is 63.4. The maximum Gasteiger partial charge on any atom is 0.277 e. The van der Waals surface area contributed by atoms with Gasteiger partial charge in [0, 0.05) is 0 Å². The van der Waals surface area contributed by atoms with Crippen molar-refractivity contribution in [2.75, 3.05) is 24.1 Å². The van der Waals surface area contributed by atoms with Gasteiger partial charge in [-0.1, -0.05) is 0 Å². The largest absolute Gasteiger partial charge is 0.346 e. The molecule has 21 heavy (non-hydrogen) atoms. The fourth-order valence-corrected chi connectivity index (χ4v) is 1.95. The summed E-state index contributed by atoms with van der Waals surface area (Å²) in [5, 5.41) is 1.87. The van der Waals surface area contributed by atoms with Crippen LogP contribution < -0.4 is 15.8 Å². The lowest BCUT2D eigenvalue weighted by molar-refractivity contribution is 0.0119. The molecule has 0 aliphatic carbocycles. The van der Waals surface area contributed by atoms with Gasteiger partial charge in [-0.05, 0) is 18.2 Å². The number of halogens is 3. The van der Waals surface area contributed by atoms with Crippen molar-refractivity contribution in [3.05, 3.63) is 29.6 Å². The van der Waals surface area contributed by atoms with Crippen molar-refractivity contribution in [3.8, 4) is 0 Å². The Morgan fingerprint density at radius 2 is 2.00 bits per heavy atom. The number of anilines is 1. The van der Waals surface area contributed by atoms with Gasteiger partial charge in [0.05, 0.1) is 30.6 Å². The highest BCUT2D eigenvalue weighted by molar-refractivity contribution is 7.92. The van der Waals surface area contributed by atoms with Crippen LogP contribution in [0.3, 0.4) is 0 Å². The van der Waals surface area contributed by atoms with Gasteiger partial charge in [-0.15, -0.1) is 0 Å². The molecule has 0 aliphatic rings. The summed E-state index contributed by atoms with van der Waals surface area (Å²) in [6.45, 7) is -2.01. The van der Waals surface area contributed by atoms with E-state index in [9.17, 15) is 26.4 Å². The number of benzene rings is 1. The van der Waals surface area contributed by atoms with E-state index in [4.69, 9.17) is 5.73 Å². The van der Waals surface area contributed by atoms with E-state index in [1.54, 1.807) is 0 Å². The lowest BCUT2D eigenvalue weighted by Gasteiger charge is -2.16. The number of carbonyl (C=O) groups excluding carboxylic acids is 1. The number of hydrogen-bond acceptors (Lipinski definition) is 4. The predicted octanol–water partition coefficient (Wildman–Crippen LogP) is 0.521. The van der Waals surface area contributed by atoms with Crippen molar-refractivity contribution in [2.24, 2.45) is 5.73 Å². The van der Waals surface area contributed by atoms with E-state index >= 15 is 0 Å². The molecule has 0 heterocycles. The molecule has 0 fully saturated rings. The smallest absolute Gasteiger partial charge is 0.277 e. The molecule has 0 atom stereocenters. The first kappa shape index (κ1) is 17.2. The molecule has 0 aliphatic heterocycles. The standard InChI is InChI=1S/C11H14F3N3O3S/c1-21(19,20)17-9-3-2-7(12)4-8(9)10(18)16-6-11(13,14)5-15/h2-4,17H,5-6,15H2,1H3,(H,16,18). The Morgan fingerprint density at radius 3 is 2.52 bits per heavy atom. The van der Waals surface area contributed by atoms with E-state index in [1.807, 2.05) is 10.0 Å². The topological polar surface area (TPSA) is 101 Å². The van der Waals surface area contributed by atoms with E-state index in [2.05, 4.69) is 0 Å². The molecule has 0 aromatic heterocycles. The number of nitrogens with two attached hydrogens (primary N) is 1.